The van der Waals surface area contributed by atoms with Crippen LogP contribution >= 0.6 is 35.3 Å². The van der Waals surface area contributed by atoms with E-state index in [0.29, 0.717) is 6.42 Å². The van der Waals surface area contributed by atoms with Crippen LogP contribution in [0.2, 0.25) is 5.02 Å². The van der Waals surface area contributed by atoms with Gasteiger partial charge in [-0.15, -0.1) is 22.6 Å². The molecule has 0 unspecified atom stereocenters. The molecule has 2 heterocycles. The Kier molecular flexibility index (Phi) is 5.76. The number of benzene rings is 2. The van der Waals surface area contributed by atoms with E-state index in [-0.39, 0.29) is 12.4 Å². The molecule has 0 bridgehead atoms. The minimum atomic E-state index is 0. The maximum absolute atomic E-state index is 5.94. The summed E-state index contributed by atoms with van der Waals surface area (Å²) in [5.41, 5.74) is 2.31. The maximum Gasteiger partial charge on any atom is 0.234 e. The molecule has 0 aliphatic heterocycles. The molecular weight excluding hydrogens is 391 g/mol. The summed E-state index contributed by atoms with van der Waals surface area (Å²) >= 11 is 7.49. The van der Waals surface area contributed by atoms with Gasteiger partial charge in [0.05, 0.1) is 7.11 Å². The Bertz CT molecular complexity index is 996. The Hall–Kier alpha value is -2.15. The Balaban J connectivity index is 0.00000196. The third kappa shape index (κ3) is 3.98. The van der Waals surface area contributed by atoms with Crippen molar-refractivity contribution in [2.75, 3.05) is 7.11 Å². The molecule has 0 aliphatic carbocycles. The van der Waals surface area contributed by atoms with E-state index in [1.54, 1.807) is 18.4 Å². The van der Waals surface area contributed by atoms with E-state index < -0.39 is 0 Å². The van der Waals surface area contributed by atoms with E-state index in [4.69, 9.17) is 16.3 Å². The third-order valence-corrected chi connectivity index (χ3v) is 5.04. The van der Waals surface area contributed by atoms with E-state index in [9.17, 15) is 0 Å². The molecule has 0 N–H and O–H groups in total. The summed E-state index contributed by atoms with van der Waals surface area (Å²) < 4.78 is 7.02. The quantitative estimate of drug-likeness (QED) is 0.491. The van der Waals surface area contributed by atoms with Crippen molar-refractivity contribution in [3.8, 4) is 5.75 Å². The fourth-order valence-electron chi connectivity index (χ4n) is 2.58. The Morgan fingerprint density at radius 2 is 1.62 bits per heavy atom. The molecule has 0 saturated carbocycles. The van der Waals surface area contributed by atoms with Crippen molar-refractivity contribution in [1.29, 1.82) is 0 Å². The van der Waals surface area contributed by atoms with Crippen molar-refractivity contribution in [3.05, 3.63) is 75.5 Å². The van der Waals surface area contributed by atoms with Crippen molar-refractivity contribution >= 4 is 40.3 Å². The van der Waals surface area contributed by atoms with Gasteiger partial charge in [0.15, 0.2) is 5.82 Å². The minimum absolute atomic E-state index is 0. The molecular formula is C18H16Cl2N4OS. The highest BCUT2D eigenvalue weighted by molar-refractivity contribution is 7.16. The van der Waals surface area contributed by atoms with Crippen LogP contribution in [-0.2, 0) is 12.8 Å². The zero-order chi connectivity index (χ0) is 17.2. The molecule has 0 amide bonds. The predicted octanol–water partition coefficient (Wildman–Crippen LogP) is 4.45. The van der Waals surface area contributed by atoms with E-state index >= 15 is 0 Å². The molecule has 4 aromatic rings. The fourth-order valence-corrected chi connectivity index (χ4v) is 3.59. The summed E-state index contributed by atoms with van der Waals surface area (Å²) in [6.45, 7) is 0. The lowest BCUT2D eigenvalue weighted by molar-refractivity contribution is 0.414. The van der Waals surface area contributed by atoms with Gasteiger partial charge in [0.1, 0.15) is 10.8 Å². The van der Waals surface area contributed by atoms with E-state index in [0.717, 1.165) is 38.5 Å². The number of halogens is 2. The first-order valence-corrected chi connectivity index (χ1v) is 8.98. The number of hydrogen-bond donors (Lipinski definition) is 0. The van der Waals surface area contributed by atoms with Gasteiger partial charge in [-0.3, -0.25) is 0 Å². The summed E-state index contributed by atoms with van der Waals surface area (Å²) in [6, 6.07) is 15.8. The summed E-state index contributed by atoms with van der Waals surface area (Å²) in [4.78, 5) is 0.812. The number of nitrogens with zero attached hydrogens (tertiary/aromatic N) is 4. The van der Waals surface area contributed by atoms with Gasteiger partial charge in [0.2, 0.25) is 4.96 Å². The average molecular weight is 407 g/mol. The molecule has 4 rings (SSSR count). The molecule has 2 aromatic carbocycles. The van der Waals surface area contributed by atoms with Gasteiger partial charge in [-0.25, -0.2) is 0 Å². The van der Waals surface area contributed by atoms with Crippen molar-refractivity contribution in [1.82, 2.24) is 19.8 Å². The van der Waals surface area contributed by atoms with E-state index in [1.807, 2.05) is 53.0 Å². The molecule has 0 atom stereocenters. The number of ether oxygens (including phenoxy) is 1. The highest BCUT2D eigenvalue weighted by Crippen LogP contribution is 2.20. The summed E-state index contributed by atoms with van der Waals surface area (Å²) in [7, 11) is 1.66. The van der Waals surface area contributed by atoms with Gasteiger partial charge in [-0.1, -0.05) is 47.2 Å². The first-order chi connectivity index (χ1) is 12.2. The van der Waals surface area contributed by atoms with Crippen molar-refractivity contribution in [2.24, 2.45) is 0 Å². The van der Waals surface area contributed by atoms with Crippen molar-refractivity contribution in [2.45, 2.75) is 12.8 Å². The molecule has 134 valence electrons. The first-order valence-electron chi connectivity index (χ1n) is 7.78. The molecule has 0 spiro atoms. The summed E-state index contributed by atoms with van der Waals surface area (Å²) in [5.74, 6) is 1.67. The third-order valence-electron chi connectivity index (χ3n) is 3.89. The van der Waals surface area contributed by atoms with Gasteiger partial charge in [0.25, 0.3) is 0 Å². The summed E-state index contributed by atoms with van der Waals surface area (Å²) in [6.07, 6.45) is 1.43. The second-order valence-corrected chi connectivity index (χ2v) is 7.11. The molecule has 0 fully saturated rings. The van der Waals surface area contributed by atoms with Crippen LogP contribution in [0.25, 0.3) is 4.96 Å². The molecule has 0 radical (unpaired) electrons. The van der Waals surface area contributed by atoms with E-state index in [2.05, 4.69) is 15.3 Å². The Labute approximate surface area is 166 Å². The van der Waals surface area contributed by atoms with Gasteiger partial charge >= 0.3 is 0 Å². The topological polar surface area (TPSA) is 52.3 Å². The first kappa shape index (κ1) is 18.6. The molecule has 5 nitrogen and oxygen atoms in total. The largest absolute Gasteiger partial charge is 0.497 e. The number of fused-ring (bicyclic) bond motifs is 1. The van der Waals surface area contributed by atoms with Crippen LogP contribution in [0.4, 0.5) is 0 Å². The number of rotatable bonds is 5. The highest BCUT2D eigenvalue weighted by Gasteiger charge is 2.12. The second-order valence-electron chi connectivity index (χ2n) is 5.63. The number of aromatic nitrogens is 4. The zero-order valence-electron chi connectivity index (χ0n) is 13.9. The molecule has 26 heavy (non-hydrogen) atoms. The van der Waals surface area contributed by atoms with Crippen LogP contribution in [0, 0.1) is 0 Å². The lowest BCUT2D eigenvalue weighted by Crippen LogP contribution is -1.99. The van der Waals surface area contributed by atoms with Crippen molar-refractivity contribution in [3.63, 3.8) is 0 Å². The number of hydrogen-bond acceptors (Lipinski definition) is 5. The fraction of sp³-hybridized carbons (Fsp3) is 0.167. The second kappa shape index (κ2) is 8.03. The van der Waals surface area contributed by atoms with Gasteiger partial charge in [-0.05, 0) is 35.4 Å². The minimum Gasteiger partial charge on any atom is -0.497 e. The lowest BCUT2D eigenvalue weighted by Gasteiger charge is -2.01. The average Bonchev–Trinajstić information content (AvgIpc) is 3.19. The monoisotopic (exact) mass is 406 g/mol. The molecule has 0 saturated heterocycles. The Morgan fingerprint density at radius 1 is 0.962 bits per heavy atom. The van der Waals surface area contributed by atoms with Crippen LogP contribution in [0.15, 0.2) is 48.5 Å². The molecule has 2 aromatic heterocycles. The van der Waals surface area contributed by atoms with Crippen LogP contribution in [-0.4, -0.2) is 26.9 Å². The van der Waals surface area contributed by atoms with Crippen LogP contribution in [0.1, 0.15) is 22.0 Å². The van der Waals surface area contributed by atoms with Gasteiger partial charge in [0, 0.05) is 17.9 Å². The smallest absolute Gasteiger partial charge is 0.234 e. The normalized spacial score (nSPS) is 10.7. The van der Waals surface area contributed by atoms with Gasteiger partial charge < -0.3 is 4.74 Å². The summed E-state index contributed by atoms with van der Waals surface area (Å²) in [5, 5.41) is 14.9. The van der Waals surface area contributed by atoms with Crippen LogP contribution in [0.5, 0.6) is 5.75 Å². The van der Waals surface area contributed by atoms with E-state index in [1.165, 1.54) is 5.56 Å². The lowest BCUT2D eigenvalue weighted by atomic mass is 10.1. The van der Waals surface area contributed by atoms with Gasteiger partial charge in [-0.2, -0.15) is 9.61 Å². The SMILES string of the molecule is COc1ccc(Cc2nnc3sc(Cc4ccc(Cl)cc4)nn23)cc1.Cl. The van der Waals surface area contributed by atoms with Crippen molar-refractivity contribution < 1.29 is 4.74 Å². The highest BCUT2D eigenvalue weighted by atomic mass is 35.5. The maximum atomic E-state index is 5.94. The molecule has 8 heteroatoms. The Morgan fingerprint density at radius 3 is 2.31 bits per heavy atom. The van der Waals surface area contributed by atoms with Crippen LogP contribution < -0.4 is 4.74 Å². The zero-order valence-corrected chi connectivity index (χ0v) is 16.3. The molecule has 0 aliphatic rings. The van der Waals surface area contributed by atoms with Crippen LogP contribution in [0.3, 0.4) is 0 Å². The predicted molar refractivity (Wildman–Crippen MR) is 106 cm³/mol. The number of methoxy groups -OCH3 is 1. The standard InChI is InChI=1S/C18H15ClN4OS.ClH/c1-24-15-8-4-12(5-9-15)10-16-20-21-18-23(16)22-17(25-18)11-13-2-6-14(19)7-3-13;/h2-9H,10-11H2,1H3;1H.